The zero-order chi connectivity index (χ0) is 18.2. The number of carbonyl (C=O) groups excluding carboxylic acids is 2. The number of hydrogen-bond acceptors (Lipinski definition) is 5. The van der Waals surface area contributed by atoms with Crippen LogP contribution in [0, 0.1) is 0 Å². The van der Waals surface area contributed by atoms with Gasteiger partial charge in [-0.3, -0.25) is 4.79 Å². The van der Waals surface area contributed by atoms with Crippen molar-refractivity contribution in [3.05, 3.63) is 53.6 Å². The minimum atomic E-state index is -0.845. The number of ether oxygens (including phenoxy) is 1. The molecule has 6 heteroatoms. The van der Waals surface area contributed by atoms with Gasteiger partial charge in [-0.25, -0.2) is 4.79 Å². The molecule has 0 heterocycles. The number of hydrogen-bond donors (Lipinski definition) is 3. The second-order valence-corrected chi connectivity index (χ2v) is 5.63. The molecule has 0 bridgehead atoms. The van der Waals surface area contributed by atoms with E-state index < -0.39 is 24.2 Å². The number of benzene rings is 2. The summed E-state index contributed by atoms with van der Waals surface area (Å²) in [6.45, 7) is 1.66. The highest BCUT2D eigenvalue weighted by Gasteiger charge is 2.15. The summed E-state index contributed by atoms with van der Waals surface area (Å²) in [4.78, 5) is 23.7. The quantitative estimate of drug-likeness (QED) is 0.671. The fraction of sp³-hybridized carbons (Fsp3) is 0.263. The fourth-order valence-electron chi connectivity index (χ4n) is 2.23. The van der Waals surface area contributed by atoms with Crippen LogP contribution in [-0.2, 0) is 16.0 Å². The van der Waals surface area contributed by atoms with Gasteiger partial charge in [-0.05, 0) is 42.7 Å². The molecule has 132 valence electrons. The van der Waals surface area contributed by atoms with Crippen molar-refractivity contribution in [1.29, 1.82) is 0 Å². The number of amides is 1. The molecule has 0 unspecified atom stereocenters. The van der Waals surface area contributed by atoms with Crippen LogP contribution in [0.25, 0.3) is 0 Å². The maximum atomic E-state index is 11.9. The van der Waals surface area contributed by atoms with Gasteiger partial charge in [0.25, 0.3) is 5.91 Å². The fourth-order valence-corrected chi connectivity index (χ4v) is 2.23. The van der Waals surface area contributed by atoms with Crippen molar-refractivity contribution in [2.75, 3.05) is 11.9 Å². The van der Waals surface area contributed by atoms with Crippen molar-refractivity contribution in [3.8, 4) is 11.5 Å². The molecule has 0 aliphatic rings. The largest absolute Gasteiger partial charge is 0.508 e. The maximum absolute atomic E-state index is 11.9. The number of aromatic hydroxyl groups is 2. The second kappa shape index (κ2) is 8.73. The monoisotopic (exact) mass is 343 g/mol. The second-order valence-electron chi connectivity index (χ2n) is 5.63. The van der Waals surface area contributed by atoms with Crippen LogP contribution in [0.3, 0.4) is 0 Å². The van der Waals surface area contributed by atoms with E-state index in [2.05, 4.69) is 12.2 Å². The first-order valence-corrected chi connectivity index (χ1v) is 8.07. The number of carbonyl (C=O) groups is 2. The number of anilines is 1. The summed E-state index contributed by atoms with van der Waals surface area (Å²) in [7, 11) is 0. The van der Waals surface area contributed by atoms with Crippen molar-refractivity contribution in [2.24, 2.45) is 0 Å². The molecule has 0 saturated carbocycles. The van der Waals surface area contributed by atoms with Gasteiger partial charge < -0.3 is 20.3 Å². The third-order valence-electron chi connectivity index (χ3n) is 3.59. The van der Waals surface area contributed by atoms with Gasteiger partial charge >= 0.3 is 5.97 Å². The van der Waals surface area contributed by atoms with Gasteiger partial charge in [0.2, 0.25) is 0 Å². The number of esters is 1. The molecule has 0 atom stereocenters. The third kappa shape index (κ3) is 5.53. The summed E-state index contributed by atoms with van der Waals surface area (Å²) in [5.41, 5.74) is 1.70. The Hall–Kier alpha value is -3.02. The lowest BCUT2D eigenvalue weighted by Crippen LogP contribution is -2.21. The Labute approximate surface area is 146 Å². The summed E-state index contributed by atoms with van der Waals surface area (Å²) < 4.78 is 4.87. The summed E-state index contributed by atoms with van der Waals surface area (Å²) in [6, 6.07) is 11.0. The Kier molecular flexibility index (Phi) is 6.39. The molecule has 25 heavy (non-hydrogen) atoms. The first kappa shape index (κ1) is 18.3. The van der Waals surface area contributed by atoms with Crippen LogP contribution in [-0.4, -0.2) is 28.7 Å². The standard InChI is InChI=1S/C19H21NO5/c1-2-3-4-13-5-7-14(8-6-13)20-18(23)12-25-19(24)16-10-9-15(21)11-17(16)22/h5-11,21-22H,2-4,12H2,1H3,(H,20,23). The van der Waals surface area contributed by atoms with Crippen LogP contribution in [0.15, 0.2) is 42.5 Å². The van der Waals surface area contributed by atoms with Gasteiger partial charge in [-0.2, -0.15) is 0 Å². The Morgan fingerprint density at radius 3 is 2.44 bits per heavy atom. The SMILES string of the molecule is CCCCc1ccc(NC(=O)COC(=O)c2ccc(O)cc2O)cc1. The molecule has 2 aromatic rings. The summed E-state index contributed by atoms with van der Waals surface area (Å²) in [6.07, 6.45) is 3.24. The predicted octanol–water partition coefficient (Wildman–Crippen LogP) is 3.24. The Morgan fingerprint density at radius 1 is 1.08 bits per heavy atom. The van der Waals surface area contributed by atoms with Crippen LogP contribution in [0.2, 0.25) is 0 Å². The average Bonchev–Trinajstić information content (AvgIpc) is 2.59. The van der Waals surface area contributed by atoms with E-state index in [4.69, 9.17) is 4.74 Å². The van der Waals surface area contributed by atoms with Gasteiger partial charge in [-0.15, -0.1) is 0 Å². The Morgan fingerprint density at radius 2 is 1.80 bits per heavy atom. The third-order valence-corrected chi connectivity index (χ3v) is 3.59. The Bertz CT molecular complexity index is 740. The van der Waals surface area contributed by atoms with E-state index >= 15 is 0 Å². The van der Waals surface area contributed by atoms with Gasteiger partial charge in [0.05, 0.1) is 0 Å². The molecule has 6 nitrogen and oxygen atoms in total. The van der Waals surface area contributed by atoms with E-state index in [0.717, 1.165) is 25.3 Å². The lowest BCUT2D eigenvalue weighted by atomic mass is 10.1. The van der Waals surface area contributed by atoms with Crippen LogP contribution in [0.4, 0.5) is 5.69 Å². The van der Waals surface area contributed by atoms with E-state index in [1.165, 1.54) is 17.7 Å². The molecule has 3 N–H and O–H groups in total. The average molecular weight is 343 g/mol. The van der Waals surface area contributed by atoms with Gasteiger partial charge in [0.1, 0.15) is 17.1 Å². The van der Waals surface area contributed by atoms with Crippen LogP contribution < -0.4 is 5.32 Å². The number of unbranched alkanes of at least 4 members (excludes halogenated alkanes) is 1. The van der Waals surface area contributed by atoms with Crippen LogP contribution in [0.5, 0.6) is 11.5 Å². The highest BCUT2D eigenvalue weighted by atomic mass is 16.5. The van der Waals surface area contributed by atoms with Crippen molar-refractivity contribution < 1.29 is 24.5 Å². The molecule has 2 aromatic carbocycles. The number of phenols is 2. The number of nitrogens with one attached hydrogen (secondary N) is 1. The maximum Gasteiger partial charge on any atom is 0.342 e. The number of phenolic OH excluding ortho intramolecular Hbond substituents is 2. The lowest BCUT2D eigenvalue weighted by molar-refractivity contribution is -0.119. The molecule has 0 radical (unpaired) electrons. The topological polar surface area (TPSA) is 95.9 Å². The Balaban J connectivity index is 1.84. The van der Waals surface area contributed by atoms with Crippen LogP contribution >= 0.6 is 0 Å². The van der Waals surface area contributed by atoms with Crippen molar-refractivity contribution in [3.63, 3.8) is 0 Å². The van der Waals surface area contributed by atoms with Crippen LogP contribution in [0.1, 0.15) is 35.7 Å². The number of rotatable bonds is 7. The molecule has 0 spiro atoms. The van der Waals surface area contributed by atoms with E-state index in [1.54, 1.807) is 12.1 Å². The minimum Gasteiger partial charge on any atom is -0.508 e. The smallest absolute Gasteiger partial charge is 0.342 e. The normalized spacial score (nSPS) is 10.3. The van der Waals surface area contributed by atoms with Crippen molar-refractivity contribution in [1.82, 2.24) is 0 Å². The number of aryl methyl sites for hydroxylation is 1. The highest BCUT2D eigenvalue weighted by Crippen LogP contribution is 2.23. The van der Waals surface area contributed by atoms with Gasteiger partial charge in [0.15, 0.2) is 6.61 Å². The van der Waals surface area contributed by atoms with Crippen molar-refractivity contribution in [2.45, 2.75) is 26.2 Å². The molecule has 1 amide bonds. The predicted molar refractivity (Wildman–Crippen MR) is 93.7 cm³/mol. The molecule has 0 fully saturated rings. The first-order valence-electron chi connectivity index (χ1n) is 8.07. The minimum absolute atomic E-state index is 0.120. The highest BCUT2D eigenvalue weighted by molar-refractivity contribution is 5.96. The van der Waals surface area contributed by atoms with E-state index in [1.807, 2.05) is 12.1 Å². The summed E-state index contributed by atoms with van der Waals surface area (Å²) in [5, 5.41) is 21.4. The molecule has 0 aliphatic carbocycles. The van der Waals surface area contributed by atoms with Gasteiger partial charge in [0, 0.05) is 11.8 Å². The first-order chi connectivity index (χ1) is 12.0. The summed E-state index contributed by atoms with van der Waals surface area (Å²) >= 11 is 0. The molecule has 0 aromatic heterocycles. The van der Waals surface area contributed by atoms with Gasteiger partial charge in [-0.1, -0.05) is 25.5 Å². The molecular formula is C19H21NO5. The molecule has 0 saturated heterocycles. The molecular weight excluding hydrogens is 322 g/mol. The molecule has 0 aliphatic heterocycles. The van der Waals surface area contributed by atoms with Crippen molar-refractivity contribution >= 4 is 17.6 Å². The zero-order valence-electron chi connectivity index (χ0n) is 14.0. The van der Waals surface area contributed by atoms with E-state index in [-0.39, 0.29) is 11.3 Å². The summed E-state index contributed by atoms with van der Waals surface area (Å²) in [5.74, 6) is -1.90. The van der Waals surface area contributed by atoms with E-state index in [9.17, 15) is 19.8 Å². The van der Waals surface area contributed by atoms with E-state index in [0.29, 0.717) is 5.69 Å². The lowest BCUT2D eigenvalue weighted by Gasteiger charge is -2.08. The molecule has 2 rings (SSSR count). The zero-order valence-corrected chi connectivity index (χ0v) is 14.0.